The van der Waals surface area contributed by atoms with Gasteiger partial charge in [-0.1, -0.05) is 19.9 Å². The van der Waals surface area contributed by atoms with Crippen LogP contribution in [0.3, 0.4) is 0 Å². The number of hydrogen-bond donors (Lipinski definition) is 2. The molecule has 0 bridgehead atoms. The van der Waals surface area contributed by atoms with Crippen molar-refractivity contribution in [3.05, 3.63) is 23.9 Å². The molecule has 1 unspecified atom stereocenters. The van der Waals surface area contributed by atoms with Crippen molar-refractivity contribution in [2.24, 2.45) is 11.7 Å². The first-order chi connectivity index (χ1) is 10.1. The van der Waals surface area contributed by atoms with Gasteiger partial charge in [0.2, 0.25) is 5.91 Å². The molecule has 6 nitrogen and oxygen atoms in total. The average molecular weight is 292 g/mol. The molecule has 0 aromatic carbocycles. The van der Waals surface area contributed by atoms with Gasteiger partial charge in [-0.15, -0.1) is 0 Å². The number of anilines is 1. The zero-order valence-electron chi connectivity index (χ0n) is 12.7. The fourth-order valence-electron chi connectivity index (χ4n) is 2.11. The number of aromatic nitrogens is 1. The Bertz CT molecular complexity index is 455. The van der Waals surface area contributed by atoms with E-state index < -0.39 is 6.04 Å². The number of carbonyl (C=O) groups excluding carboxylic acids is 1. The van der Waals surface area contributed by atoms with Gasteiger partial charge in [0, 0.05) is 25.8 Å². The van der Waals surface area contributed by atoms with Crippen molar-refractivity contribution in [2.75, 3.05) is 31.2 Å². The Morgan fingerprint density at radius 3 is 2.71 bits per heavy atom. The van der Waals surface area contributed by atoms with Crippen molar-refractivity contribution in [1.29, 1.82) is 0 Å². The summed E-state index contributed by atoms with van der Waals surface area (Å²) < 4.78 is 5.32. The summed E-state index contributed by atoms with van der Waals surface area (Å²) in [5, 5.41) is 2.84. The van der Waals surface area contributed by atoms with E-state index in [2.05, 4.69) is 15.2 Å². The number of rotatable bonds is 5. The highest BCUT2D eigenvalue weighted by atomic mass is 16.5. The van der Waals surface area contributed by atoms with Gasteiger partial charge >= 0.3 is 0 Å². The van der Waals surface area contributed by atoms with Gasteiger partial charge in [0.05, 0.1) is 19.3 Å². The van der Waals surface area contributed by atoms with E-state index in [0.717, 1.165) is 37.7 Å². The molecule has 1 aliphatic heterocycles. The summed E-state index contributed by atoms with van der Waals surface area (Å²) in [4.78, 5) is 18.4. The van der Waals surface area contributed by atoms with E-state index in [0.29, 0.717) is 6.54 Å². The van der Waals surface area contributed by atoms with Crippen LogP contribution >= 0.6 is 0 Å². The molecule has 1 saturated heterocycles. The first-order valence-electron chi connectivity index (χ1n) is 7.39. The van der Waals surface area contributed by atoms with Gasteiger partial charge in [-0.25, -0.2) is 4.98 Å². The van der Waals surface area contributed by atoms with Crippen LogP contribution in [-0.4, -0.2) is 43.2 Å². The van der Waals surface area contributed by atoms with Crippen LogP contribution in [0.25, 0.3) is 0 Å². The number of carbonyl (C=O) groups is 1. The number of nitrogens with one attached hydrogen (secondary N) is 1. The van der Waals surface area contributed by atoms with E-state index in [4.69, 9.17) is 10.5 Å². The van der Waals surface area contributed by atoms with Crippen LogP contribution in [0, 0.1) is 5.92 Å². The third-order valence-corrected chi connectivity index (χ3v) is 3.63. The molecule has 2 heterocycles. The summed E-state index contributed by atoms with van der Waals surface area (Å²) in [6, 6.07) is 3.50. The third kappa shape index (κ3) is 4.41. The topological polar surface area (TPSA) is 80.5 Å². The lowest BCUT2D eigenvalue weighted by Crippen LogP contribution is -2.43. The summed E-state index contributed by atoms with van der Waals surface area (Å²) in [5.41, 5.74) is 6.77. The SMILES string of the molecule is CC(C)C(N)C(=O)NCc1ccc(N2CCOCC2)nc1. The number of amides is 1. The zero-order chi connectivity index (χ0) is 15.2. The molecule has 0 radical (unpaired) electrons. The molecule has 2 rings (SSSR count). The Kier molecular flexibility index (Phi) is 5.52. The van der Waals surface area contributed by atoms with E-state index >= 15 is 0 Å². The molecule has 1 aromatic rings. The predicted octanol–water partition coefficient (Wildman–Crippen LogP) is 0.518. The van der Waals surface area contributed by atoms with Gasteiger partial charge in [-0.2, -0.15) is 0 Å². The molecule has 1 fully saturated rings. The fraction of sp³-hybridized carbons (Fsp3) is 0.600. The van der Waals surface area contributed by atoms with Gasteiger partial charge < -0.3 is 20.7 Å². The van der Waals surface area contributed by atoms with Crippen LogP contribution in [0.2, 0.25) is 0 Å². The van der Waals surface area contributed by atoms with Gasteiger partial charge in [0.25, 0.3) is 0 Å². The molecule has 1 atom stereocenters. The molecule has 3 N–H and O–H groups in total. The second-order valence-electron chi connectivity index (χ2n) is 5.61. The van der Waals surface area contributed by atoms with Crippen LogP contribution in [0.1, 0.15) is 19.4 Å². The molecule has 1 aromatic heterocycles. The van der Waals surface area contributed by atoms with Crippen molar-refractivity contribution >= 4 is 11.7 Å². The lowest BCUT2D eigenvalue weighted by molar-refractivity contribution is -0.123. The zero-order valence-corrected chi connectivity index (χ0v) is 12.7. The summed E-state index contributed by atoms with van der Waals surface area (Å²) in [6.07, 6.45) is 1.80. The van der Waals surface area contributed by atoms with Crippen molar-refractivity contribution in [3.63, 3.8) is 0 Å². The normalized spacial score (nSPS) is 16.9. The molecule has 21 heavy (non-hydrogen) atoms. The minimum atomic E-state index is -0.467. The van der Waals surface area contributed by atoms with Gasteiger partial charge in [0.1, 0.15) is 5.82 Å². The fourth-order valence-corrected chi connectivity index (χ4v) is 2.11. The van der Waals surface area contributed by atoms with Crippen molar-refractivity contribution in [3.8, 4) is 0 Å². The number of ether oxygens (including phenoxy) is 1. The van der Waals surface area contributed by atoms with Crippen molar-refractivity contribution < 1.29 is 9.53 Å². The van der Waals surface area contributed by atoms with E-state index in [1.807, 2.05) is 26.0 Å². The molecule has 0 aliphatic carbocycles. The summed E-state index contributed by atoms with van der Waals surface area (Å²) in [5.74, 6) is 0.960. The van der Waals surface area contributed by atoms with Crippen LogP contribution in [0.5, 0.6) is 0 Å². The van der Waals surface area contributed by atoms with Crippen molar-refractivity contribution in [1.82, 2.24) is 10.3 Å². The Morgan fingerprint density at radius 1 is 1.43 bits per heavy atom. The molecular weight excluding hydrogens is 268 g/mol. The number of nitrogens with zero attached hydrogens (tertiary/aromatic N) is 2. The monoisotopic (exact) mass is 292 g/mol. The van der Waals surface area contributed by atoms with Gasteiger partial charge in [0.15, 0.2) is 0 Å². The minimum Gasteiger partial charge on any atom is -0.378 e. The number of pyridine rings is 1. The Labute approximate surface area is 125 Å². The van der Waals surface area contributed by atoms with E-state index in [-0.39, 0.29) is 11.8 Å². The average Bonchev–Trinajstić information content (AvgIpc) is 2.53. The van der Waals surface area contributed by atoms with Crippen LogP contribution in [0.4, 0.5) is 5.82 Å². The quantitative estimate of drug-likeness (QED) is 0.827. The van der Waals surface area contributed by atoms with Crippen LogP contribution in [-0.2, 0) is 16.1 Å². The number of morpholine rings is 1. The molecule has 116 valence electrons. The van der Waals surface area contributed by atoms with Crippen LogP contribution < -0.4 is 16.0 Å². The van der Waals surface area contributed by atoms with Crippen LogP contribution in [0.15, 0.2) is 18.3 Å². The maximum Gasteiger partial charge on any atom is 0.237 e. The second-order valence-corrected chi connectivity index (χ2v) is 5.61. The Balaban J connectivity index is 1.86. The lowest BCUT2D eigenvalue weighted by atomic mass is 10.1. The van der Waals surface area contributed by atoms with Crippen molar-refractivity contribution in [2.45, 2.75) is 26.4 Å². The third-order valence-electron chi connectivity index (χ3n) is 3.63. The molecule has 1 aliphatic rings. The molecule has 1 amide bonds. The highest BCUT2D eigenvalue weighted by Gasteiger charge is 2.16. The molecule has 0 saturated carbocycles. The minimum absolute atomic E-state index is 0.123. The second kappa shape index (κ2) is 7.38. The smallest absolute Gasteiger partial charge is 0.237 e. The van der Waals surface area contributed by atoms with Gasteiger partial charge in [-0.3, -0.25) is 4.79 Å². The van der Waals surface area contributed by atoms with E-state index in [1.165, 1.54) is 0 Å². The maximum atomic E-state index is 11.8. The highest BCUT2D eigenvalue weighted by Crippen LogP contribution is 2.13. The predicted molar refractivity (Wildman–Crippen MR) is 81.9 cm³/mol. The molecule has 6 heteroatoms. The van der Waals surface area contributed by atoms with E-state index in [1.54, 1.807) is 6.20 Å². The number of nitrogens with two attached hydrogens (primary N) is 1. The molecular formula is C15H24N4O2. The molecule has 0 spiro atoms. The highest BCUT2D eigenvalue weighted by molar-refractivity contribution is 5.81. The summed E-state index contributed by atoms with van der Waals surface area (Å²) in [7, 11) is 0. The Morgan fingerprint density at radius 2 is 2.14 bits per heavy atom. The summed E-state index contributed by atoms with van der Waals surface area (Å²) in [6.45, 7) is 7.54. The first kappa shape index (κ1) is 15.7. The Hall–Kier alpha value is -1.66. The van der Waals surface area contributed by atoms with Gasteiger partial charge in [-0.05, 0) is 17.5 Å². The lowest BCUT2D eigenvalue weighted by Gasteiger charge is -2.27. The standard InChI is InChI=1S/C15H24N4O2/c1-11(2)14(16)15(20)18-10-12-3-4-13(17-9-12)19-5-7-21-8-6-19/h3-4,9,11,14H,5-8,10,16H2,1-2H3,(H,18,20). The van der Waals surface area contributed by atoms with E-state index in [9.17, 15) is 4.79 Å². The number of hydrogen-bond acceptors (Lipinski definition) is 5. The largest absolute Gasteiger partial charge is 0.378 e. The maximum absolute atomic E-state index is 11.8. The first-order valence-corrected chi connectivity index (χ1v) is 7.39. The summed E-state index contributed by atoms with van der Waals surface area (Å²) >= 11 is 0.